The third-order valence-corrected chi connectivity index (χ3v) is 3.53. The number of ether oxygens (including phenoxy) is 3. The Kier molecular flexibility index (Phi) is 2.67. The Hall–Kier alpha value is -1.75. The minimum Gasteiger partial charge on any atom is -0.454 e. The van der Waals surface area contributed by atoms with E-state index >= 15 is 0 Å². The first kappa shape index (κ1) is 12.3. The lowest BCUT2D eigenvalue weighted by atomic mass is 10.0. The van der Waals surface area contributed by atoms with Crippen LogP contribution in [0.25, 0.3) is 0 Å². The molecule has 1 atom stereocenters. The van der Waals surface area contributed by atoms with Crippen LogP contribution in [0, 0.1) is 0 Å². The standard InChI is InChI=1S/C14H17NO4/c1-9-15(14(2,3)7-17-9)13(16)10-4-5-11-12(6-10)19-8-18-11/h4-6,9H,7-8H2,1-3H3. The predicted molar refractivity (Wildman–Crippen MR) is 68.2 cm³/mol. The maximum absolute atomic E-state index is 12.6. The van der Waals surface area contributed by atoms with E-state index in [0.717, 1.165) is 0 Å². The minimum absolute atomic E-state index is 0.0479. The van der Waals surface area contributed by atoms with Crippen LogP contribution < -0.4 is 9.47 Å². The fraction of sp³-hybridized carbons (Fsp3) is 0.500. The molecule has 2 heterocycles. The van der Waals surface area contributed by atoms with Gasteiger partial charge in [-0.3, -0.25) is 4.79 Å². The van der Waals surface area contributed by atoms with Crippen LogP contribution in [0.4, 0.5) is 0 Å². The molecule has 5 nitrogen and oxygen atoms in total. The highest BCUT2D eigenvalue weighted by molar-refractivity contribution is 5.95. The number of fused-ring (bicyclic) bond motifs is 1. The zero-order valence-electron chi connectivity index (χ0n) is 11.3. The van der Waals surface area contributed by atoms with E-state index in [9.17, 15) is 4.79 Å². The Labute approximate surface area is 112 Å². The summed E-state index contributed by atoms with van der Waals surface area (Å²) in [5.74, 6) is 1.26. The summed E-state index contributed by atoms with van der Waals surface area (Å²) in [5, 5.41) is 0. The van der Waals surface area contributed by atoms with Crippen LogP contribution in [-0.2, 0) is 4.74 Å². The largest absolute Gasteiger partial charge is 0.454 e. The summed E-state index contributed by atoms with van der Waals surface area (Å²) < 4.78 is 16.1. The van der Waals surface area contributed by atoms with Crippen molar-refractivity contribution < 1.29 is 19.0 Å². The van der Waals surface area contributed by atoms with Crippen molar-refractivity contribution in [2.24, 2.45) is 0 Å². The summed E-state index contributed by atoms with van der Waals surface area (Å²) in [6.07, 6.45) is -0.215. The molecule has 0 aromatic heterocycles. The average Bonchev–Trinajstić information content (AvgIpc) is 2.92. The van der Waals surface area contributed by atoms with Crippen LogP contribution in [0.3, 0.4) is 0 Å². The smallest absolute Gasteiger partial charge is 0.256 e. The molecule has 3 rings (SSSR count). The van der Waals surface area contributed by atoms with Crippen LogP contribution >= 0.6 is 0 Å². The van der Waals surface area contributed by atoms with Gasteiger partial charge in [0.25, 0.3) is 5.91 Å². The summed E-state index contributed by atoms with van der Waals surface area (Å²) in [6.45, 7) is 6.65. The van der Waals surface area contributed by atoms with Crippen molar-refractivity contribution in [3.05, 3.63) is 23.8 Å². The SMILES string of the molecule is CC1OCC(C)(C)N1C(=O)c1ccc2c(c1)OCO2. The lowest BCUT2D eigenvalue weighted by molar-refractivity contribution is 0.0307. The van der Waals surface area contributed by atoms with E-state index in [1.54, 1.807) is 23.1 Å². The zero-order chi connectivity index (χ0) is 13.6. The molecule has 1 saturated heterocycles. The van der Waals surface area contributed by atoms with Crippen molar-refractivity contribution in [1.82, 2.24) is 4.90 Å². The first-order valence-electron chi connectivity index (χ1n) is 6.34. The molecule has 5 heteroatoms. The highest BCUT2D eigenvalue weighted by Gasteiger charge is 2.41. The molecule has 1 unspecified atom stereocenters. The number of hydrogen-bond acceptors (Lipinski definition) is 4. The second-order valence-corrected chi connectivity index (χ2v) is 5.47. The summed E-state index contributed by atoms with van der Waals surface area (Å²) in [4.78, 5) is 14.4. The summed E-state index contributed by atoms with van der Waals surface area (Å²) in [5.41, 5.74) is 0.294. The molecular weight excluding hydrogens is 246 g/mol. The number of amides is 1. The van der Waals surface area contributed by atoms with Crippen molar-refractivity contribution in [2.75, 3.05) is 13.4 Å². The fourth-order valence-corrected chi connectivity index (χ4v) is 2.57. The lowest BCUT2D eigenvalue weighted by Crippen LogP contribution is -2.47. The molecule has 0 saturated carbocycles. The third-order valence-electron chi connectivity index (χ3n) is 3.53. The number of rotatable bonds is 1. The Morgan fingerprint density at radius 3 is 2.74 bits per heavy atom. The van der Waals surface area contributed by atoms with Gasteiger partial charge in [0.1, 0.15) is 6.23 Å². The van der Waals surface area contributed by atoms with Gasteiger partial charge < -0.3 is 19.1 Å². The third kappa shape index (κ3) is 1.94. The Balaban J connectivity index is 1.92. The Morgan fingerprint density at radius 2 is 2.05 bits per heavy atom. The summed E-state index contributed by atoms with van der Waals surface area (Å²) in [7, 11) is 0. The summed E-state index contributed by atoms with van der Waals surface area (Å²) in [6, 6.07) is 5.26. The Bertz CT molecular complexity index is 526. The van der Waals surface area contributed by atoms with E-state index in [0.29, 0.717) is 23.7 Å². The molecule has 1 aromatic carbocycles. The molecule has 1 fully saturated rings. The van der Waals surface area contributed by atoms with Crippen LogP contribution in [0.1, 0.15) is 31.1 Å². The molecule has 2 aliphatic heterocycles. The van der Waals surface area contributed by atoms with Crippen molar-refractivity contribution in [2.45, 2.75) is 32.5 Å². The fourth-order valence-electron chi connectivity index (χ4n) is 2.57. The molecule has 19 heavy (non-hydrogen) atoms. The van der Waals surface area contributed by atoms with Crippen molar-refractivity contribution >= 4 is 5.91 Å². The second kappa shape index (κ2) is 4.13. The van der Waals surface area contributed by atoms with E-state index in [2.05, 4.69) is 0 Å². The maximum atomic E-state index is 12.6. The Morgan fingerprint density at radius 1 is 1.32 bits per heavy atom. The van der Waals surface area contributed by atoms with Crippen LogP contribution in [0.5, 0.6) is 11.5 Å². The minimum atomic E-state index is -0.299. The van der Waals surface area contributed by atoms with E-state index in [1.807, 2.05) is 20.8 Å². The van der Waals surface area contributed by atoms with Gasteiger partial charge in [-0.05, 0) is 39.0 Å². The molecule has 0 spiro atoms. The molecule has 0 bridgehead atoms. The number of nitrogens with zero attached hydrogens (tertiary/aromatic N) is 1. The molecular formula is C14H17NO4. The van der Waals surface area contributed by atoms with Gasteiger partial charge in [0, 0.05) is 5.56 Å². The molecule has 1 aromatic rings. The number of carbonyl (C=O) groups excluding carboxylic acids is 1. The maximum Gasteiger partial charge on any atom is 0.256 e. The van der Waals surface area contributed by atoms with E-state index in [4.69, 9.17) is 14.2 Å². The first-order chi connectivity index (χ1) is 8.99. The topological polar surface area (TPSA) is 48.0 Å². The number of carbonyl (C=O) groups is 1. The zero-order valence-corrected chi connectivity index (χ0v) is 11.3. The molecule has 0 N–H and O–H groups in total. The van der Waals surface area contributed by atoms with Gasteiger partial charge >= 0.3 is 0 Å². The molecule has 0 aliphatic carbocycles. The molecule has 2 aliphatic rings. The first-order valence-corrected chi connectivity index (χ1v) is 6.34. The highest BCUT2D eigenvalue weighted by atomic mass is 16.7. The van der Waals surface area contributed by atoms with Crippen molar-refractivity contribution in [3.8, 4) is 11.5 Å². The van der Waals surface area contributed by atoms with Gasteiger partial charge in [0.2, 0.25) is 6.79 Å². The van der Waals surface area contributed by atoms with Crippen LogP contribution in [0.15, 0.2) is 18.2 Å². The van der Waals surface area contributed by atoms with Crippen LogP contribution in [-0.4, -0.2) is 36.0 Å². The predicted octanol–water partition coefficient (Wildman–Crippen LogP) is 2.01. The van der Waals surface area contributed by atoms with E-state index in [-0.39, 0.29) is 24.5 Å². The van der Waals surface area contributed by atoms with Crippen molar-refractivity contribution in [3.63, 3.8) is 0 Å². The molecule has 1 amide bonds. The monoisotopic (exact) mass is 263 g/mol. The average molecular weight is 263 g/mol. The van der Waals surface area contributed by atoms with Gasteiger partial charge in [-0.15, -0.1) is 0 Å². The number of benzene rings is 1. The summed E-state index contributed by atoms with van der Waals surface area (Å²) >= 11 is 0. The highest BCUT2D eigenvalue weighted by Crippen LogP contribution is 2.34. The van der Waals surface area contributed by atoms with E-state index in [1.165, 1.54) is 0 Å². The molecule has 0 radical (unpaired) electrons. The van der Waals surface area contributed by atoms with Gasteiger partial charge in [-0.2, -0.15) is 0 Å². The normalized spacial score (nSPS) is 23.7. The number of hydrogen-bond donors (Lipinski definition) is 0. The second-order valence-electron chi connectivity index (χ2n) is 5.47. The van der Waals surface area contributed by atoms with E-state index < -0.39 is 0 Å². The van der Waals surface area contributed by atoms with Crippen molar-refractivity contribution in [1.29, 1.82) is 0 Å². The van der Waals surface area contributed by atoms with Gasteiger partial charge in [0.15, 0.2) is 11.5 Å². The quantitative estimate of drug-likeness (QED) is 0.777. The van der Waals surface area contributed by atoms with Crippen LogP contribution in [0.2, 0.25) is 0 Å². The lowest BCUT2D eigenvalue weighted by Gasteiger charge is -2.32. The molecule has 102 valence electrons. The van der Waals surface area contributed by atoms with Gasteiger partial charge in [-0.1, -0.05) is 0 Å². The van der Waals surface area contributed by atoms with Gasteiger partial charge in [0.05, 0.1) is 12.1 Å². The van der Waals surface area contributed by atoms with Gasteiger partial charge in [-0.25, -0.2) is 0 Å².